The summed E-state index contributed by atoms with van der Waals surface area (Å²) >= 11 is 1.09. The Labute approximate surface area is 106 Å². The zero-order chi connectivity index (χ0) is 13.8. The fourth-order valence-electron chi connectivity index (χ4n) is 1.21. The van der Waals surface area contributed by atoms with Gasteiger partial charge in [0.15, 0.2) is 0 Å². The highest BCUT2D eigenvalue weighted by atomic mass is 32.2. The number of primary amides is 1. The van der Waals surface area contributed by atoms with Gasteiger partial charge in [-0.3, -0.25) is 4.79 Å². The second-order valence-electron chi connectivity index (χ2n) is 3.38. The highest BCUT2D eigenvalue weighted by Crippen LogP contribution is 2.34. The Morgan fingerprint density at radius 2 is 2.11 bits per heavy atom. The van der Waals surface area contributed by atoms with Crippen molar-refractivity contribution in [2.45, 2.75) is 17.5 Å². The van der Waals surface area contributed by atoms with E-state index in [9.17, 15) is 18.0 Å². The van der Waals surface area contributed by atoms with Gasteiger partial charge in [-0.1, -0.05) is 0 Å². The van der Waals surface area contributed by atoms with Gasteiger partial charge < -0.3 is 5.73 Å². The number of benzene rings is 1. The van der Waals surface area contributed by atoms with Crippen LogP contribution in [0.4, 0.5) is 13.2 Å². The molecule has 1 amide bonds. The molecule has 0 aliphatic carbocycles. The minimum atomic E-state index is -4.56. The van der Waals surface area contributed by atoms with Crippen LogP contribution in [0.3, 0.4) is 0 Å². The summed E-state index contributed by atoms with van der Waals surface area (Å²) in [6.45, 7) is 0. The number of alkyl halides is 3. The van der Waals surface area contributed by atoms with Gasteiger partial charge >= 0.3 is 6.18 Å². The minimum absolute atomic E-state index is 0.0893. The number of rotatable bonds is 4. The van der Waals surface area contributed by atoms with E-state index in [0.29, 0.717) is 10.6 Å². The molecule has 0 radical (unpaired) electrons. The van der Waals surface area contributed by atoms with Crippen LogP contribution < -0.4 is 5.73 Å². The predicted molar refractivity (Wildman–Crippen MR) is 60.7 cm³/mol. The summed E-state index contributed by atoms with van der Waals surface area (Å²) < 4.78 is 37.9. The van der Waals surface area contributed by atoms with Crippen molar-refractivity contribution in [3.05, 3.63) is 29.3 Å². The van der Waals surface area contributed by atoms with E-state index in [-0.39, 0.29) is 6.42 Å². The van der Waals surface area contributed by atoms with Crippen molar-refractivity contribution in [3.8, 4) is 6.07 Å². The first kappa shape index (κ1) is 14.4. The maximum absolute atomic E-state index is 12.6. The Hall–Kier alpha value is -1.68. The fourth-order valence-corrected chi connectivity index (χ4v) is 2.12. The number of nitrogens with zero attached hydrogens (tertiary/aromatic N) is 1. The van der Waals surface area contributed by atoms with Crippen molar-refractivity contribution >= 4 is 17.7 Å². The van der Waals surface area contributed by atoms with Crippen LogP contribution in [0.25, 0.3) is 0 Å². The maximum Gasteiger partial charge on any atom is 0.417 e. The number of carbonyl (C=O) groups is 1. The van der Waals surface area contributed by atoms with Crippen LogP contribution in [-0.4, -0.2) is 11.7 Å². The Kier molecular flexibility index (Phi) is 4.62. The topological polar surface area (TPSA) is 66.9 Å². The highest BCUT2D eigenvalue weighted by Gasteiger charge is 2.33. The molecule has 0 unspecified atom stereocenters. The Bertz CT molecular complexity index is 494. The summed E-state index contributed by atoms with van der Waals surface area (Å²) in [6.07, 6.45) is -4.47. The lowest BCUT2D eigenvalue weighted by atomic mass is 10.1. The number of amides is 1. The normalized spacial score (nSPS) is 11.0. The van der Waals surface area contributed by atoms with Gasteiger partial charge in [-0.05, 0) is 18.2 Å². The molecule has 1 rings (SSSR count). The number of nitrogens with two attached hydrogens (primary N) is 1. The summed E-state index contributed by atoms with van der Waals surface area (Å²) in [5.41, 5.74) is 3.55. The Morgan fingerprint density at radius 3 is 2.61 bits per heavy atom. The van der Waals surface area contributed by atoms with Crippen molar-refractivity contribution in [2.75, 3.05) is 5.75 Å². The van der Waals surface area contributed by atoms with Gasteiger partial charge in [0, 0.05) is 17.1 Å². The third kappa shape index (κ3) is 3.96. The van der Waals surface area contributed by atoms with Crippen LogP contribution >= 0.6 is 11.8 Å². The third-order valence-electron chi connectivity index (χ3n) is 2.03. The Balaban J connectivity index is 2.91. The first-order valence-corrected chi connectivity index (χ1v) is 5.85. The van der Waals surface area contributed by atoms with Gasteiger partial charge in [0.1, 0.15) is 0 Å². The van der Waals surface area contributed by atoms with Gasteiger partial charge in [-0.15, -0.1) is 11.8 Å². The van der Waals surface area contributed by atoms with E-state index in [0.717, 1.165) is 23.9 Å². The first-order valence-electron chi connectivity index (χ1n) is 4.87. The van der Waals surface area contributed by atoms with Gasteiger partial charge in [0.05, 0.1) is 17.2 Å². The molecule has 0 spiro atoms. The molecule has 0 fully saturated rings. The molecule has 0 aliphatic rings. The van der Waals surface area contributed by atoms with Crippen LogP contribution in [0.15, 0.2) is 23.1 Å². The molecule has 0 bridgehead atoms. The maximum atomic E-state index is 12.6. The lowest BCUT2D eigenvalue weighted by molar-refractivity contribution is -0.138. The second-order valence-corrected chi connectivity index (χ2v) is 4.55. The van der Waals surface area contributed by atoms with Crippen LogP contribution in [0.1, 0.15) is 17.5 Å². The molecule has 0 aliphatic heterocycles. The highest BCUT2D eigenvalue weighted by molar-refractivity contribution is 7.99. The summed E-state index contributed by atoms with van der Waals surface area (Å²) in [7, 11) is 0. The molecule has 2 N–H and O–H groups in total. The van der Waals surface area contributed by atoms with E-state index in [4.69, 9.17) is 11.0 Å². The quantitative estimate of drug-likeness (QED) is 0.858. The zero-order valence-electron chi connectivity index (χ0n) is 9.12. The van der Waals surface area contributed by atoms with Gasteiger partial charge in [0.2, 0.25) is 5.91 Å². The average molecular weight is 274 g/mol. The molecule has 1 aromatic rings. The minimum Gasteiger partial charge on any atom is -0.370 e. The lowest BCUT2D eigenvalue weighted by Crippen LogP contribution is -2.11. The molecule has 7 heteroatoms. The lowest BCUT2D eigenvalue weighted by Gasteiger charge is -2.10. The smallest absolute Gasteiger partial charge is 0.370 e. The van der Waals surface area contributed by atoms with Crippen molar-refractivity contribution in [2.24, 2.45) is 5.73 Å². The van der Waals surface area contributed by atoms with E-state index in [1.807, 2.05) is 0 Å². The van der Waals surface area contributed by atoms with Gasteiger partial charge in [-0.25, -0.2) is 0 Å². The molecule has 1 aromatic carbocycles. The number of hydrogen-bond donors (Lipinski definition) is 1. The third-order valence-corrected chi connectivity index (χ3v) is 3.03. The van der Waals surface area contributed by atoms with Crippen molar-refractivity contribution in [1.29, 1.82) is 5.26 Å². The number of carbonyl (C=O) groups excluding carboxylic acids is 1. The van der Waals surface area contributed by atoms with E-state index in [2.05, 4.69) is 0 Å². The number of hydrogen-bond acceptors (Lipinski definition) is 3. The van der Waals surface area contributed by atoms with Crippen LogP contribution in [-0.2, 0) is 11.0 Å². The SMILES string of the molecule is N#Cc1ccc(SCCC(N)=O)cc1C(F)(F)F. The van der Waals surface area contributed by atoms with E-state index in [1.54, 1.807) is 0 Å². The standard InChI is InChI=1S/C11H9F3N2OS/c12-11(13,14)9-5-8(2-1-7(9)6-15)18-4-3-10(16)17/h1-2,5H,3-4H2,(H2,16,17). The summed E-state index contributed by atoms with van der Waals surface area (Å²) in [5, 5.41) is 8.60. The summed E-state index contributed by atoms with van der Waals surface area (Å²) in [5.74, 6) is -0.203. The van der Waals surface area contributed by atoms with Gasteiger partial charge in [-0.2, -0.15) is 18.4 Å². The van der Waals surface area contributed by atoms with E-state index in [1.165, 1.54) is 12.1 Å². The number of halogens is 3. The van der Waals surface area contributed by atoms with Crippen LogP contribution in [0.2, 0.25) is 0 Å². The molecule has 96 valence electrons. The van der Waals surface area contributed by atoms with Crippen LogP contribution in [0, 0.1) is 11.3 Å². The zero-order valence-corrected chi connectivity index (χ0v) is 9.94. The molecule has 3 nitrogen and oxygen atoms in total. The molecule has 0 heterocycles. The van der Waals surface area contributed by atoms with Crippen LogP contribution in [0.5, 0.6) is 0 Å². The number of nitriles is 1. The largest absolute Gasteiger partial charge is 0.417 e. The average Bonchev–Trinajstić information content (AvgIpc) is 2.27. The van der Waals surface area contributed by atoms with E-state index < -0.39 is 23.2 Å². The predicted octanol–water partition coefficient (Wildman–Crippen LogP) is 2.54. The molecular formula is C11H9F3N2OS. The second kappa shape index (κ2) is 5.78. The first-order chi connectivity index (χ1) is 8.34. The summed E-state index contributed by atoms with van der Waals surface area (Å²) in [4.78, 5) is 10.9. The van der Waals surface area contributed by atoms with Gasteiger partial charge in [0.25, 0.3) is 0 Å². The van der Waals surface area contributed by atoms with Crippen molar-refractivity contribution < 1.29 is 18.0 Å². The Morgan fingerprint density at radius 1 is 1.44 bits per heavy atom. The molecule has 0 saturated heterocycles. The summed E-state index contributed by atoms with van der Waals surface area (Å²) in [6, 6.07) is 4.94. The van der Waals surface area contributed by atoms with Crippen molar-refractivity contribution in [1.82, 2.24) is 0 Å². The molecule has 0 atom stereocenters. The number of thioether (sulfide) groups is 1. The fraction of sp³-hybridized carbons (Fsp3) is 0.273. The molecule has 0 saturated carbocycles. The monoisotopic (exact) mass is 274 g/mol. The molecule has 0 aromatic heterocycles. The van der Waals surface area contributed by atoms with Crippen molar-refractivity contribution in [3.63, 3.8) is 0 Å². The van der Waals surface area contributed by atoms with E-state index >= 15 is 0 Å². The molecular weight excluding hydrogens is 265 g/mol. The molecule has 18 heavy (non-hydrogen) atoms.